The van der Waals surface area contributed by atoms with E-state index in [0.717, 1.165) is 25.7 Å². The molecule has 1 saturated heterocycles. The van der Waals surface area contributed by atoms with Crippen molar-refractivity contribution in [3.05, 3.63) is 41.1 Å². The van der Waals surface area contributed by atoms with Gasteiger partial charge in [-0.15, -0.1) is 0 Å². The van der Waals surface area contributed by atoms with E-state index in [1.54, 1.807) is 0 Å². The molecule has 3 unspecified atom stereocenters. The maximum atomic E-state index is 13.6. The topological polar surface area (TPSA) is 149 Å². The summed E-state index contributed by atoms with van der Waals surface area (Å²) in [5.74, 6) is -0.823. The maximum absolute atomic E-state index is 13.6. The number of nitrogens with one attached hydrogen (secondary N) is 2. The molecule has 43 heavy (non-hydrogen) atoms. The van der Waals surface area contributed by atoms with Crippen LogP contribution in [0.15, 0.2) is 23.1 Å². The van der Waals surface area contributed by atoms with E-state index in [1.165, 1.54) is 37.0 Å². The van der Waals surface area contributed by atoms with Gasteiger partial charge >= 0.3 is 18.4 Å². The van der Waals surface area contributed by atoms with Gasteiger partial charge in [-0.2, -0.15) is 31.4 Å². The van der Waals surface area contributed by atoms with Crippen molar-refractivity contribution < 1.29 is 50.0 Å². The first-order chi connectivity index (χ1) is 19.9. The van der Waals surface area contributed by atoms with Crippen molar-refractivity contribution in [1.29, 1.82) is 0 Å². The molecule has 3 aromatic heterocycles. The predicted molar refractivity (Wildman–Crippen MR) is 133 cm³/mol. The summed E-state index contributed by atoms with van der Waals surface area (Å²) in [5, 5.41) is 15.7. The Labute approximate surface area is 239 Å². The first-order valence-corrected chi connectivity index (χ1v) is 12.7. The average Bonchev–Trinajstić information content (AvgIpc) is 3.60. The Morgan fingerprint density at radius 3 is 2.47 bits per heavy atom. The SMILES string of the molecule is COCC(c1cnn2cc(C(COC(C)(C)C(F)(F)F)NC(=O)c3nonc3C)nc2c1)N1CC(C)(C(F)(F)F)NC1=O. The number of carbonyl (C=O) groups is 2. The molecule has 1 aliphatic rings. The molecule has 1 aliphatic heterocycles. The van der Waals surface area contributed by atoms with Crippen LogP contribution in [0.5, 0.6) is 0 Å². The molecule has 0 aliphatic carbocycles. The van der Waals surface area contributed by atoms with Crippen LogP contribution >= 0.6 is 0 Å². The molecule has 19 heteroatoms. The van der Waals surface area contributed by atoms with E-state index in [4.69, 9.17) is 9.47 Å². The maximum Gasteiger partial charge on any atom is 0.416 e. The van der Waals surface area contributed by atoms with Gasteiger partial charge in [-0.05, 0) is 38.9 Å². The van der Waals surface area contributed by atoms with E-state index in [0.29, 0.717) is 0 Å². The Balaban J connectivity index is 1.66. The summed E-state index contributed by atoms with van der Waals surface area (Å²) in [4.78, 5) is 30.8. The van der Waals surface area contributed by atoms with Gasteiger partial charge in [0.2, 0.25) is 0 Å². The number of halogens is 6. The van der Waals surface area contributed by atoms with E-state index in [1.807, 2.05) is 5.32 Å². The number of alkyl halides is 6. The summed E-state index contributed by atoms with van der Waals surface area (Å²) < 4.78 is 97.3. The molecule has 236 valence electrons. The first-order valence-electron chi connectivity index (χ1n) is 12.7. The molecule has 3 amide bonds. The van der Waals surface area contributed by atoms with Gasteiger partial charge < -0.3 is 25.0 Å². The number of fused-ring (bicyclic) bond motifs is 1. The van der Waals surface area contributed by atoms with Gasteiger partial charge in [-0.25, -0.2) is 18.9 Å². The standard InChI is InChI=1S/C24H28F6N8O5/c1-12-18(36-43-35-12)19(39)33-15(9-42-21(2,3)23(25,26)27)14-8-38-17(32-14)6-13(7-31-38)16(10-41-5)37-11-22(4,24(28,29)30)34-20(37)40/h6-8,15-16H,9-11H2,1-5H3,(H,33,39)(H,34,40). The lowest BCUT2D eigenvalue weighted by Crippen LogP contribution is -2.53. The smallest absolute Gasteiger partial charge is 0.382 e. The summed E-state index contributed by atoms with van der Waals surface area (Å²) in [5.41, 5.74) is -4.74. The Morgan fingerprint density at radius 1 is 1.21 bits per heavy atom. The molecule has 3 atom stereocenters. The van der Waals surface area contributed by atoms with Gasteiger partial charge in [0.25, 0.3) is 5.91 Å². The highest BCUT2D eigenvalue weighted by atomic mass is 19.4. The van der Waals surface area contributed by atoms with Crippen LogP contribution in [-0.4, -0.2) is 92.1 Å². The molecule has 2 N–H and O–H groups in total. The number of ether oxygens (including phenoxy) is 2. The molecule has 1 fully saturated rings. The second kappa shape index (κ2) is 11.3. The Hall–Kier alpha value is -4.00. The number of nitrogens with zero attached hydrogens (tertiary/aromatic N) is 6. The van der Waals surface area contributed by atoms with Crippen LogP contribution in [0.1, 0.15) is 60.3 Å². The molecule has 0 bridgehead atoms. The minimum atomic E-state index is -4.73. The van der Waals surface area contributed by atoms with Crippen molar-refractivity contribution in [3.8, 4) is 0 Å². The highest BCUT2D eigenvalue weighted by Crippen LogP contribution is 2.38. The molecule has 0 radical (unpaired) electrons. The van der Waals surface area contributed by atoms with Crippen molar-refractivity contribution in [1.82, 2.24) is 40.4 Å². The lowest BCUT2D eigenvalue weighted by atomic mass is 10.0. The van der Waals surface area contributed by atoms with Crippen molar-refractivity contribution in [2.24, 2.45) is 0 Å². The van der Waals surface area contributed by atoms with Crippen LogP contribution < -0.4 is 10.6 Å². The van der Waals surface area contributed by atoms with E-state index in [-0.39, 0.29) is 34.9 Å². The Kier molecular flexibility index (Phi) is 8.35. The molecule has 0 aromatic carbocycles. The zero-order valence-corrected chi connectivity index (χ0v) is 23.5. The van der Waals surface area contributed by atoms with Gasteiger partial charge in [-0.1, -0.05) is 5.16 Å². The molecular formula is C24H28F6N8O5. The van der Waals surface area contributed by atoms with Crippen LogP contribution in [-0.2, 0) is 9.47 Å². The fourth-order valence-electron chi connectivity index (χ4n) is 4.19. The molecular weight excluding hydrogens is 594 g/mol. The Morgan fingerprint density at radius 2 is 1.91 bits per heavy atom. The van der Waals surface area contributed by atoms with Gasteiger partial charge in [0.05, 0.1) is 49.9 Å². The average molecular weight is 623 g/mol. The van der Waals surface area contributed by atoms with Crippen LogP contribution in [0, 0.1) is 6.92 Å². The summed E-state index contributed by atoms with van der Waals surface area (Å²) in [7, 11) is 1.31. The van der Waals surface area contributed by atoms with Crippen molar-refractivity contribution in [3.63, 3.8) is 0 Å². The lowest BCUT2D eigenvalue weighted by molar-refractivity contribution is -0.265. The monoisotopic (exact) mass is 622 g/mol. The molecule has 3 aromatic rings. The zero-order valence-electron chi connectivity index (χ0n) is 23.5. The van der Waals surface area contributed by atoms with E-state index >= 15 is 0 Å². The number of imidazole rings is 1. The van der Waals surface area contributed by atoms with Crippen molar-refractivity contribution >= 4 is 17.6 Å². The molecule has 4 rings (SSSR count). The Bertz CT molecular complexity index is 1490. The number of carbonyl (C=O) groups excluding carboxylic acids is 2. The molecule has 0 spiro atoms. The third-order valence-electron chi connectivity index (χ3n) is 7.02. The highest BCUT2D eigenvalue weighted by molar-refractivity contribution is 5.93. The second-order valence-corrected chi connectivity index (χ2v) is 10.7. The zero-order chi connectivity index (χ0) is 32.0. The lowest BCUT2D eigenvalue weighted by Gasteiger charge is -2.30. The number of aromatic nitrogens is 5. The van der Waals surface area contributed by atoms with Crippen LogP contribution in [0.2, 0.25) is 0 Å². The largest absolute Gasteiger partial charge is 0.416 e. The highest BCUT2D eigenvalue weighted by Gasteiger charge is 2.58. The number of hydrogen-bond donors (Lipinski definition) is 2. The van der Waals surface area contributed by atoms with E-state index < -0.39 is 60.7 Å². The van der Waals surface area contributed by atoms with Gasteiger partial charge in [-0.3, -0.25) is 4.79 Å². The van der Waals surface area contributed by atoms with Gasteiger partial charge in [0.15, 0.2) is 22.5 Å². The van der Waals surface area contributed by atoms with E-state index in [2.05, 4.69) is 30.3 Å². The van der Waals surface area contributed by atoms with Crippen molar-refractivity contribution in [2.75, 3.05) is 26.9 Å². The van der Waals surface area contributed by atoms with E-state index in [9.17, 15) is 35.9 Å². The number of rotatable bonds is 10. The summed E-state index contributed by atoms with van der Waals surface area (Å²) in [6, 6.07) is -1.78. The van der Waals surface area contributed by atoms with Gasteiger partial charge in [0, 0.05) is 12.7 Å². The first kappa shape index (κ1) is 31.9. The quantitative estimate of drug-likeness (QED) is 0.325. The van der Waals surface area contributed by atoms with Crippen LogP contribution in [0.4, 0.5) is 31.1 Å². The number of amides is 3. The third-order valence-corrected chi connectivity index (χ3v) is 7.02. The summed E-state index contributed by atoms with van der Waals surface area (Å²) >= 11 is 0. The minimum absolute atomic E-state index is 0.0388. The number of aryl methyl sites for hydroxylation is 1. The summed E-state index contributed by atoms with van der Waals surface area (Å²) in [6.45, 7) is 2.39. The fraction of sp³-hybridized carbons (Fsp3) is 0.583. The van der Waals surface area contributed by atoms with Crippen LogP contribution in [0.3, 0.4) is 0 Å². The van der Waals surface area contributed by atoms with Crippen molar-refractivity contribution in [2.45, 2.75) is 63.3 Å². The summed E-state index contributed by atoms with van der Waals surface area (Å²) in [6.07, 6.45) is -6.83. The molecule has 4 heterocycles. The fourth-order valence-corrected chi connectivity index (χ4v) is 4.19. The molecule has 0 saturated carbocycles. The molecule has 13 nitrogen and oxygen atoms in total. The second-order valence-electron chi connectivity index (χ2n) is 10.7. The number of methoxy groups -OCH3 is 1. The normalized spacial score (nSPS) is 19.5. The predicted octanol–water partition coefficient (Wildman–Crippen LogP) is 3.28. The third kappa shape index (κ3) is 6.36. The van der Waals surface area contributed by atoms with Crippen LogP contribution in [0.25, 0.3) is 5.65 Å². The number of urea groups is 1. The minimum Gasteiger partial charge on any atom is -0.382 e. The van der Waals surface area contributed by atoms with Gasteiger partial charge in [0.1, 0.15) is 5.69 Å². The number of hydrogen-bond acceptors (Lipinski definition) is 9.